The van der Waals surface area contributed by atoms with Crippen LogP contribution in [0.4, 0.5) is 0 Å². The highest BCUT2D eigenvalue weighted by Crippen LogP contribution is 2.24. The Hall–Kier alpha value is -0.470. The molecular formula is C11H15NS. The molecule has 1 saturated heterocycles. The lowest BCUT2D eigenvalue weighted by Crippen LogP contribution is -2.22. The second-order valence-corrected chi connectivity index (χ2v) is 5.18. The standard InChI is InChI=1S/C11H15NS/c1-9-8-12-11(13-9)7-10-5-3-2-4-6-10/h2-6,9,11-12H,7-8H2,1H3. The van der Waals surface area contributed by atoms with Crippen LogP contribution in [0.3, 0.4) is 0 Å². The Morgan fingerprint density at radius 3 is 2.77 bits per heavy atom. The van der Waals surface area contributed by atoms with Crippen molar-refractivity contribution in [2.45, 2.75) is 24.0 Å². The third kappa shape index (κ3) is 2.48. The van der Waals surface area contributed by atoms with Crippen molar-refractivity contribution in [2.75, 3.05) is 6.54 Å². The smallest absolute Gasteiger partial charge is 0.0576 e. The molecular weight excluding hydrogens is 178 g/mol. The Bertz CT molecular complexity index is 260. The largest absolute Gasteiger partial charge is 0.304 e. The van der Waals surface area contributed by atoms with Gasteiger partial charge in [0, 0.05) is 11.8 Å². The van der Waals surface area contributed by atoms with Crippen LogP contribution < -0.4 is 5.32 Å². The highest BCUT2D eigenvalue weighted by molar-refractivity contribution is 8.00. The number of benzene rings is 1. The SMILES string of the molecule is CC1CNC(Cc2ccccc2)S1. The summed E-state index contributed by atoms with van der Waals surface area (Å²) in [7, 11) is 0. The lowest BCUT2D eigenvalue weighted by Gasteiger charge is -2.08. The minimum absolute atomic E-state index is 0.623. The predicted molar refractivity (Wildman–Crippen MR) is 59.0 cm³/mol. The molecule has 1 heterocycles. The van der Waals surface area contributed by atoms with E-state index in [4.69, 9.17) is 0 Å². The number of hydrogen-bond donors (Lipinski definition) is 1. The quantitative estimate of drug-likeness (QED) is 0.773. The van der Waals surface area contributed by atoms with Crippen LogP contribution in [0.5, 0.6) is 0 Å². The summed E-state index contributed by atoms with van der Waals surface area (Å²) in [6.07, 6.45) is 1.15. The first-order valence-corrected chi connectivity index (χ1v) is 5.71. The van der Waals surface area contributed by atoms with E-state index in [1.807, 2.05) is 11.8 Å². The van der Waals surface area contributed by atoms with Gasteiger partial charge in [-0.05, 0) is 12.0 Å². The maximum Gasteiger partial charge on any atom is 0.0576 e. The summed E-state index contributed by atoms with van der Waals surface area (Å²) in [6.45, 7) is 3.44. The van der Waals surface area contributed by atoms with Crippen LogP contribution in [0.15, 0.2) is 30.3 Å². The van der Waals surface area contributed by atoms with Crippen molar-refractivity contribution in [3.05, 3.63) is 35.9 Å². The summed E-state index contributed by atoms with van der Waals surface area (Å²) in [5, 5.41) is 4.91. The second kappa shape index (κ2) is 4.16. The van der Waals surface area contributed by atoms with Crippen LogP contribution in [0.25, 0.3) is 0 Å². The zero-order valence-corrected chi connectivity index (χ0v) is 8.68. The van der Waals surface area contributed by atoms with Gasteiger partial charge in [-0.15, -0.1) is 11.8 Å². The summed E-state index contributed by atoms with van der Waals surface area (Å²) in [4.78, 5) is 0. The van der Waals surface area contributed by atoms with Crippen LogP contribution in [0.2, 0.25) is 0 Å². The molecule has 0 saturated carbocycles. The lowest BCUT2D eigenvalue weighted by molar-refractivity contribution is 0.684. The minimum Gasteiger partial charge on any atom is -0.304 e. The van der Waals surface area contributed by atoms with Gasteiger partial charge < -0.3 is 5.32 Å². The monoisotopic (exact) mass is 193 g/mol. The van der Waals surface area contributed by atoms with E-state index >= 15 is 0 Å². The van der Waals surface area contributed by atoms with Crippen molar-refractivity contribution < 1.29 is 0 Å². The Morgan fingerprint density at radius 1 is 1.38 bits per heavy atom. The zero-order chi connectivity index (χ0) is 9.10. The third-order valence-corrected chi connectivity index (χ3v) is 3.59. The van der Waals surface area contributed by atoms with E-state index in [0.29, 0.717) is 5.37 Å². The second-order valence-electron chi connectivity index (χ2n) is 3.53. The van der Waals surface area contributed by atoms with E-state index in [-0.39, 0.29) is 0 Å². The van der Waals surface area contributed by atoms with Gasteiger partial charge in [0.2, 0.25) is 0 Å². The van der Waals surface area contributed by atoms with Crippen molar-refractivity contribution in [3.63, 3.8) is 0 Å². The summed E-state index contributed by atoms with van der Waals surface area (Å²) in [5.41, 5.74) is 1.43. The van der Waals surface area contributed by atoms with Crippen molar-refractivity contribution >= 4 is 11.8 Å². The molecule has 2 rings (SSSR count). The molecule has 1 aromatic rings. The molecule has 0 amide bonds. The summed E-state index contributed by atoms with van der Waals surface area (Å²) in [5.74, 6) is 0. The van der Waals surface area contributed by atoms with Gasteiger partial charge in [-0.3, -0.25) is 0 Å². The Kier molecular flexibility index (Phi) is 2.91. The highest BCUT2D eigenvalue weighted by Gasteiger charge is 2.20. The lowest BCUT2D eigenvalue weighted by atomic mass is 10.1. The first-order chi connectivity index (χ1) is 6.34. The molecule has 13 heavy (non-hydrogen) atoms. The van der Waals surface area contributed by atoms with E-state index in [1.54, 1.807) is 0 Å². The van der Waals surface area contributed by atoms with E-state index in [0.717, 1.165) is 18.2 Å². The molecule has 0 aromatic heterocycles. The van der Waals surface area contributed by atoms with Gasteiger partial charge in [-0.1, -0.05) is 37.3 Å². The molecule has 1 aliphatic rings. The number of nitrogens with one attached hydrogen (secondary N) is 1. The average Bonchev–Trinajstić information content (AvgIpc) is 2.53. The molecule has 0 spiro atoms. The molecule has 0 radical (unpaired) electrons. The molecule has 70 valence electrons. The van der Waals surface area contributed by atoms with Crippen molar-refractivity contribution in [2.24, 2.45) is 0 Å². The predicted octanol–water partition coefficient (Wildman–Crippen LogP) is 2.28. The summed E-state index contributed by atoms with van der Waals surface area (Å²) in [6, 6.07) is 10.7. The van der Waals surface area contributed by atoms with Crippen LogP contribution in [-0.4, -0.2) is 17.2 Å². The molecule has 1 aliphatic heterocycles. The van der Waals surface area contributed by atoms with Gasteiger partial charge in [0.05, 0.1) is 5.37 Å². The van der Waals surface area contributed by atoms with Crippen LogP contribution >= 0.6 is 11.8 Å². The maximum atomic E-state index is 3.52. The minimum atomic E-state index is 0.623. The van der Waals surface area contributed by atoms with E-state index in [1.165, 1.54) is 5.56 Å². The van der Waals surface area contributed by atoms with Gasteiger partial charge in [0.25, 0.3) is 0 Å². The summed E-state index contributed by atoms with van der Waals surface area (Å²) < 4.78 is 0. The van der Waals surface area contributed by atoms with Gasteiger partial charge in [-0.25, -0.2) is 0 Å². The van der Waals surface area contributed by atoms with Gasteiger partial charge in [-0.2, -0.15) is 0 Å². The van der Waals surface area contributed by atoms with Gasteiger partial charge >= 0.3 is 0 Å². The molecule has 2 unspecified atom stereocenters. The van der Waals surface area contributed by atoms with Crippen molar-refractivity contribution in [1.29, 1.82) is 0 Å². The fraction of sp³-hybridized carbons (Fsp3) is 0.455. The fourth-order valence-electron chi connectivity index (χ4n) is 1.62. The first-order valence-electron chi connectivity index (χ1n) is 4.77. The average molecular weight is 193 g/mol. The van der Waals surface area contributed by atoms with E-state index in [2.05, 4.69) is 42.6 Å². The number of hydrogen-bond acceptors (Lipinski definition) is 2. The third-order valence-electron chi connectivity index (χ3n) is 2.29. The van der Waals surface area contributed by atoms with Gasteiger partial charge in [0.1, 0.15) is 0 Å². The zero-order valence-electron chi connectivity index (χ0n) is 7.86. The Morgan fingerprint density at radius 2 is 2.15 bits per heavy atom. The van der Waals surface area contributed by atoms with Crippen LogP contribution in [-0.2, 0) is 6.42 Å². The van der Waals surface area contributed by atoms with E-state index in [9.17, 15) is 0 Å². The summed E-state index contributed by atoms with van der Waals surface area (Å²) >= 11 is 2.05. The molecule has 2 heteroatoms. The van der Waals surface area contributed by atoms with E-state index < -0.39 is 0 Å². The Labute approximate surface area is 83.9 Å². The molecule has 1 fully saturated rings. The molecule has 0 bridgehead atoms. The Balaban J connectivity index is 1.92. The molecule has 2 atom stereocenters. The molecule has 1 aromatic carbocycles. The number of thioether (sulfide) groups is 1. The first kappa shape index (κ1) is 9.10. The topological polar surface area (TPSA) is 12.0 Å². The number of rotatable bonds is 2. The highest BCUT2D eigenvalue weighted by atomic mass is 32.2. The van der Waals surface area contributed by atoms with Crippen LogP contribution in [0, 0.1) is 0 Å². The van der Waals surface area contributed by atoms with Gasteiger partial charge in [0.15, 0.2) is 0 Å². The van der Waals surface area contributed by atoms with Crippen molar-refractivity contribution in [1.82, 2.24) is 5.32 Å². The maximum absolute atomic E-state index is 3.52. The van der Waals surface area contributed by atoms with Crippen molar-refractivity contribution in [3.8, 4) is 0 Å². The normalized spacial score (nSPS) is 27.8. The molecule has 1 N–H and O–H groups in total. The van der Waals surface area contributed by atoms with Crippen LogP contribution in [0.1, 0.15) is 12.5 Å². The molecule has 0 aliphatic carbocycles. The fourth-order valence-corrected chi connectivity index (χ4v) is 2.86. The molecule has 1 nitrogen and oxygen atoms in total.